The van der Waals surface area contributed by atoms with E-state index in [-0.39, 0.29) is 28.4 Å². The van der Waals surface area contributed by atoms with Gasteiger partial charge in [0.2, 0.25) is 0 Å². The van der Waals surface area contributed by atoms with E-state index in [0.29, 0.717) is 5.56 Å². The summed E-state index contributed by atoms with van der Waals surface area (Å²) in [6.07, 6.45) is 1.02. The third-order valence-corrected chi connectivity index (χ3v) is 15.3. The van der Waals surface area contributed by atoms with E-state index in [2.05, 4.69) is 249 Å². The first-order valence-electron chi connectivity index (χ1n) is 26.3. The zero-order valence-corrected chi connectivity index (χ0v) is 42.3. The van der Waals surface area contributed by atoms with Crippen LogP contribution in [0.1, 0.15) is 113 Å². The molecule has 0 fully saturated rings. The summed E-state index contributed by atoms with van der Waals surface area (Å²) in [5.74, 6) is 0. The summed E-state index contributed by atoms with van der Waals surface area (Å²) >= 11 is 0. The Hall–Kier alpha value is -6.78. The number of nitrogens with zero attached hydrogens (tertiary/aromatic N) is 3. The highest BCUT2D eigenvalue weighted by Gasteiger charge is 2.48. The second kappa shape index (κ2) is 15.9. The van der Waals surface area contributed by atoms with Crippen LogP contribution in [0, 0.1) is 13.8 Å². The largest absolute Gasteiger partial charge is 0.311 e. The van der Waals surface area contributed by atoms with E-state index < -0.39 is 6.85 Å². The van der Waals surface area contributed by atoms with Crippen molar-refractivity contribution in [1.29, 1.82) is 0 Å². The van der Waals surface area contributed by atoms with E-state index in [1.807, 2.05) is 12.1 Å². The number of hydrogen-bond acceptors (Lipinski definition) is 3. The Balaban J connectivity index is 1.30. The fraction of sp³-hybridized carbons (Fsp3) is 0.262. The van der Waals surface area contributed by atoms with E-state index in [4.69, 9.17) is 0 Å². The first-order chi connectivity index (χ1) is 34.0. The molecule has 0 N–H and O–H groups in total. The first-order valence-corrected chi connectivity index (χ1v) is 24.8. The molecule has 4 heteroatoms. The minimum Gasteiger partial charge on any atom is -0.311 e. The summed E-state index contributed by atoms with van der Waals surface area (Å²) in [6, 6.07) is 61.7. The highest BCUT2D eigenvalue weighted by Crippen LogP contribution is 2.54. The highest BCUT2D eigenvalue weighted by molar-refractivity contribution is 7.00. The van der Waals surface area contributed by atoms with Crippen molar-refractivity contribution in [2.75, 3.05) is 14.7 Å². The van der Waals surface area contributed by atoms with Gasteiger partial charge in [-0.15, -0.1) is 0 Å². The van der Waals surface area contributed by atoms with Crippen molar-refractivity contribution in [3.8, 4) is 11.1 Å². The summed E-state index contributed by atoms with van der Waals surface area (Å²) in [4.78, 5) is 7.18. The van der Waals surface area contributed by atoms with Gasteiger partial charge in [0.05, 0.1) is 5.69 Å². The molecule has 3 aliphatic rings. The van der Waals surface area contributed by atoms with Gasteiger partial charge >= 0.3 is 0 Å². The first kappa shape index (κ1) is 41.2. The lowest BCUT2D eigenvalue weighted by molar-refractivity contribution is 0.403. The van der Waals surface area contributed by atoms with Crippen molar-refractivity contribution in [3.05, 3.63) is 203 Å². The third kappa shape index (κ3) is 7.41. The average Bonchev–Trinajstić information content (AvgIpc) is 3.52. The molecule has 11 rings (SSSR count). The number of para-hydroxylation sites is 2. The van der Waals surface area contributed by atoms with Crippen molar-refractivity contribution in [3.63, 3.8) is 0 Å². The molecule has 0 radical (unpaired) electrons. The van der Waals surface area contributed by atoms with Crippen LogP contribution in [0.25, 0.3) is 11.1 Å². The topological polar surface area (TPSA) is 9.72 Å². The Bertz CT molecular complexity index is 3380. The molecule has 1 aliphatic carbocycles. The Morgan fingerprint density at radius 1 is 0.493 bits per heavy atom. The monoisotopic (exact) mass is 903 g/mol. The predicted molar refractivity (Wildman–Crippen MR) is 298 cm³/mol. The van der Waals surface area contributed by atoms with Crippen molar-refractivity contribution in [2.45, 2.75) is 111 Å². The summed E-state index contributed by atoms with van der Waals surface area (Å²) in [5.41, 5.74) is 21.1. The molecule has 0 aromatic heterocycles. The Kier molecular flexibility index (Phi) is 9.49. The van der Waals surface area contributed by atoms with Gasteiger partial charge in [0.25, 0.3) is 6.71 Å². The maximum absolute atomic E-state index is 9.20. The summed E-state index contributed by atoms with van der Waals surface area (Å²) in [7, 11) is 0. The second-order valence-electron chi connectivity index (χ2n) is 23.3. The standard InChI is InChI=1S/C65H66BN3/c1-42-34-59-61-60(35-42)69(56-32-29-46(63(6,7)8)37-50(56)44-22-16-13-17-23-44)57-33-30-49(67(47-24-18-14-19-25-47)48-26-20-15-21-27-48)38-53(57)66(61)54-39-51-52(65(11,12)41-64(51,9)10)40-58(54)68(59)55-31-28-45(36-43(55)2)62(3,4)5/h13-40H,41H2,1-12H3/i1D3. The molecule has 0 saturated carbocycles. The van der Waals surface area contributed by atoms with Crippen LogP contribution in [-0.2, 0) is 21.7 Å². The Morgan fingerprint density at radius 3 is 1.57 bits per heavy atom. The van der Waals surface area contributed by atoms with Crippen LogP contribution < -0.4 is 31.1 Å². The van der Waals surface area contributed by atoms with Gasteiger partial charge < -0.3 is 14.7 Å². The molecule has 0 spiro atoms. The molecule has 0 atom stereocenters. The average molecular weight is 903 g/mol. The van der Waals surface area contributed by atoms with Gasteiger partial charge in [0.15, 0.2) is 0 Å². The van der Waals surface area contributed by atoms with Gasteiger partial charge in [0.1, 0.15) is 0 Å². The van der Waals surface area contributed by atoms with Crippen LogP contribution in [0.4, 0.5) is 51.2 Å². The fourth-order valence-electron chi connectivity index (χ4n) is 12.1. The van der Waals surface area contributed by atoms with Crippen molar-refractivity contribution < 1.29 is 4.11 Å². The van der Waals surface area contributed by atoms with Gasteiger partial charge in [-0.1, -0.05) is 160 Å². The van der Waals surface area contributed by atoms with Crippen LogP contribution in [0.3, 0.4) is 0 Å². The quantitative estimate of drug-likeness (QED) is 0.154. The molecular formula is C65H66BN3. The number of fused-ring (bicyclic) bond motifs is 5. The maximum atomic E-state index is 9.20. The number of benzene rings is 8. The molecule has 0 saturated heterocycles. The normalized spacial score (nSPS) is 16.2. The van der Waals surface area contributed by atoms with Gasteiger partial charge in [-0.05, 0) is 176 Å². The van der Waals surface area contributed by atoms with E-state index >= 15 is 0 Å². The number of rotatable bonds is 6. The summed E-state index contributed by atoms with van der Waals surface area (Å²) in [5, 5.41) is 0. The minimum absolute atomic E-state index is 0.0563. The summed E-state index contributed by atoms with van der Waals surface area (Å²) < 4.78 is 27.6. The molecule has 344 valence electrons. The molecule has 8 aromatic carbocycles. The van der Waals surface area contributed by atoms with Gasteiger partial charge in [-0.3, -0.25) is 0 Å². The molecule has 0 amide bonds. The molecule has 0 bridgehead atoms. The zero-order chi connectivity index (χ0) is 50.9. The highest BCUT2D eigenvalue weighted by atomic mass is 15.2. The van der Waals surface area contributed by atoms with Crippen molar-refractivity contribution in [2.24, 2.45) is 0 Å². The molecule has 3 nitrogen and oxygen atoms in total. The Labute approximate surface area is 416 Å². The lowest BCUT2D eigenvalue weighted by Gasteiger charge is -2.46. The summed E-state index contributed by atoms with van der Waals surface area (Å²) in [6.45, 7) is 22.7. The molecule has 2 heterocycles. The van der Waals surface area contributed by atoms with Gasteiger partial charge in [0, 0.05) is 55.2 Å². The smallest absolute Gasteiger partial charge is 0.252 e. The van der Waals surface area contributed by atoms with Crippen LogP contribution >= 0.6 is 0 Å². The molecule has 69 heavy (non-hydrogen) atoms. The lowest BCUT2D eigenvalue weighted by Crippen LogP contribution is -2.61. The van der Waals surface area contributed by atoms with E-state index in [9.17, 15) is 4.11 Å². The second-order valence-corrected chi connectivity index (χ2v) is 23.3. The van der Waals surface area contributed by atoms with Crippen LogP contribution in [0.15, 0.2) is 170 Å². The van der Waals surface area contributed by atoms with Crippen LogP contribution in [0.5, 0.6) is 0 Å². The van der Waals surface area contributed by atoms with Crippen molar-refractivity contribution in [1.82, 2.24) is 0 Å². The van der Waals surface area contributed by atoms with Crippen LogP contribution in [-0.4, -0.2) is 6.71 Å². The van der Waals surface area contributed by atoms with E-state index in [0.717, 1.165) is 85.2 Å². The van der Waals surface area contributed by atoms with Gasteiger partial charge in [-0.25, -0.2) is 0 Å². The Morgan fingerprint density at radius 2 is 1.00 bits per heavy atom. The molecule has 0 unspecified atom stereocenters. The number of hydrogen-bond donors (Lipinski definition) is 0. The number of aryl methyl sites for hydroxylation is 2. The van der Waals surface area contributed by atoms with Crippen LogP contribution in [0.2, 0.25) is 0 Å². The van der Waals surface area contributed by atoms with Crippen molar-refractivity contribution >= 4 is 74.3 Å². The molecule has 8 aromatic rings. The maximum Gasteiger partial charge on any atom is 0.252 e. The SMILES string of the molecule is [2H]C([2H])([2H])c1cc2c3c(c1)N(c1ccc(C(C)(C)C)cc1-c1ccccc1)c1ccc(N(c4ccccc4)c4ccccc4)cc1B3c1cc3c(cc1N2c1ccc(C(C)(C)C)cc1C)C(C)(C)CC3(C)C. The predicted octanol–water partition coefficient (Wildman–Crippen LogP) is 16.1. The molecule has 2 aliphatic heterocycles. The lowest BCUT2D eigenvalue weighted by atomic mass is 9.33. The number of anilines is 9. The van der Waals surface area contributed by atoms with Gasteiger partial charge in [-0.2, -0.15) is 0 Å². The fourth-order valence-corrected chi connectivity index (χ4v) is 12.1. The zero-order valence-electron chi connectivity index (χ0n) is 45.3. The third-order valence-electron chi connectivity index (χ3n) is 15.3. The van der Waals surface area contributed by atoms with E-state index in [1.54, 1.807) is 0 Å². The molecular weight excluding hydrogens is 834 g/mol. The minimum atomic E-state index is -2.40. The van der Waals surface area contributed by atoms with E-state index in [1.165, 1.54) is 27.7 Å².